The normalized spacial score (nSPS) is 17.7. The molecule has 7 nitrogen and oxygen atoms in total. The predicted molar refractivity (Wildman–Crippen MR) is 110 cm³/mol. The molecule has 5 rings (SSSR count). The van der Waals surface area contributed by atoms with Gasteiger partial charge < -0.3 is 14.8 Å². The maximum Gasteiger partial charge on any atom is 0.262 e. The number of hydrogen-bond donors (Lipinski definition) is 1. The largest absolute Gasteiger partial charge is 0.486 e. The van der Waals surface area contributed by atoms with Gasteiger partial charge in [0.1, 0.15) is 24.1 Å². The second-order valence-electron chi connectivity index (χ2n) is 7.37. The van der Waals surface area contributed by atoms with E-state index < -0.39 is 0 Å². The summed E-state index contributed by atoms with van der Waals surface area (Å²) < 4.78 is 12.9. The lowest BCUT2D eigenvalue weighted by atomic mass is 9.97. The zero-order valence-corrected chi connectivity index (χ0v) is 16.7. The maximum atomic E-state index is 12.9. The van der Waals surface area contributed by atoms with Gasteiger partial charge in [-0.2, -0.15) is 0 Å². The molecule has 3 heterocycles. The number of fused-ring (bicyclic) bond motifs is 4. The zero-order chi connectivity index (χ0) is 19.8. The minimum absolute atomic E-state index is 0.0590. The number of nitrogens with zero attached hydrogens (tertiary/aromatic N) is 2. The van der Waals surface area contributed by atoms with E-state index in [1.54, 1.807) is 11.3 Å². The molecule has 0 unspecified atom stereocenters. The molecule has 0 radical (unpaired) electrons. The number of benzene rings is 1. The Morgan fingerprint density at radius 2 is 2.07 bits per heavy atom. The third-order valence-electron chi connectivity index (χ3n) is 5.35. The van der Waals surface area contributed by atoms with E-state index in [-0.39, 0.29) is 24.1 Å². The number of aromatic nitrogens is 2. The van der Waals surface area contributed by atoms with E-state index in [9.17, 15) is 9.59 Å². The van der Waals surface area contributed by atoms with Crippen molar-refractivity contribution in [2.75, 3.05) is 13.2 Å². The summed E-state index contributed by atoms with van der Waals surface area (Å²) in [6.07, 6.45) is 5.40. The number of ether oxygens (including phenoxy) is 2. The second kappa shape index (κ2) is 7.51. The summed E-state index contributed by atoms with van der Waals surface area (Å²) in [5, 5.41) is 3.53. The van der Waals surface area contributed by atoms with E-state index in [0.717, 1.165) is 36.1 Å². The van der Waals surface area contributed by atoms with Gasteiger partial charge >= 0.3 is 0 Å². The standard InChI is InChI=1S/C21H21N3O4S/c25-18(22-9-13-11-27-15-6-2-3-7-16(15)28-13)10-24-12-23-20-19(21(24)26)14-5-1-4-8-17(14)29-20/h2-3,6-7,12-13H,1,4-5,8-11H2,(H,22,25)/t13-/m0/s1. The Bertz CT molecular complexity index is 1140. The van der Waals surface area contributed by atoms with Crippen LogP contribution in [0.3, 0.4) is 0 Å². The Balaban J connectivity index is 1.26. The van der Waals surface area contributed by atoms with E-state index in [0.29, 0.717) is 30.0 Å². The van der Waals surface area contributed by atoms with Crippen LogP contribution in [-0.4, -0.2) is 34.7 Å². The highest BCUT2D eigenvalue weighted by Crippen LogP contribution is 2.33. The van der Waals surface area contributed by atoms with Crippen molar-refractivity contribution in [3.8, 4) is 11.5 Å². The number of carbonyl (C=O) groups is 1. The number of thiophene rings is 1. The van der Waals surface area contributed by atoms with Crippen LogP contribution in [0, 0.1) is 0 Å². The van der Waals surface area contributed by atoms with Crippen molar-refractivity contribution in [3.05, 3.63) is 51.4 Å². The summed E-state index contributed by atoms with van der Waals surface area (Å²) in [4.78, 5) is 31.9. The molecule has 8 heteroatoms. The average Bonchev–Trinajstić information content (AvgIpc) is 3.13. The molecule has 1 aliphatic heterocycles. The first-order valence-electron chi connectivity index (χ1n) is 9.84. The number of carbonyl (C=O) groups excluding carboxylic acids is 1. The first-order valence-corrected chi connectivity index (χ1v) is 10.7. The van der Waals surface area contributed by atoms with E-state index in [1.165, 1.54) is 15.8 Å². The fraction of sp³-hybridized carbons (Fsp3) is 0.381. The average molecular weight is 411 g/mol. The summed E-state index contributed by atoms with van der Waals surface area (Å²) in [7, 11) is 0. The van der Waals surface area contributed by atoms with Gasteiger partial charge in [0.15, 0.2) is 11.5 Å². The first-order chi connectivity index (χ1) is 14.2. The molecule has 2 aromatic heterocycles. The molecule has 1 aromatic carbocycles. The van der Waals surface area contributed by atoms with E-state index >= 15 is 0 Å². The minimum atomic E-state index is -0.268. The lowest BCUT2D eigenvalue weighted by Crippen LogP contribution is -2.42. The maximum absolute atomic E-state index is 12.9. The molecule has 0 fully saturated rings. The number of rotatable bonds is 4. The van der Waals surface area contributed by atoms with Crippen LogP contribution < -0.4 is 20.3 Å². The van der Waals surface area contributed by atoms with Crippen LogP contribution in [0.1, 0.15) is 23.3 Å². The highest BCUT2D eigenvalue weighted by molar-refractivity contribution is 7.18. The zero-order valence-electron chi connectivity index (χ0n) is 15.8. The van der Waals surface area contributed by atoms with Crippen molar-refractivity contribution in [1.29, 1.82) is 0 Å². The van der Waals surface area contributed by atoms with Gasteiger partial charge in [-0.15, -0.1) is 11.3 Å². The first kappa shape index (κ1) is 18.2. The third-order valence-corrected chi connectivity index (χ3v) is 6.55. The molecule has 3 aromatic rings. The predicted octanol–water partition coefficient (Wildman–Crippen LogP) is 2.29. The number of hydrogen-bond acceptors (Lipinski definition) is 6. The quantitative estimate of drug-likeness (QED) is 0.712. The molecule has 0 bridgehead atoms. The number of para-hydroxylation sites is 2. The van der Waals surface area contributed by atoms with Crippen LogP contribution in [0.15, 0.2) is 35.4 Å². The van der Waals surface area contributed by atoms with Crippen LogP contribution in [-0.2, 0) is 24.2 Å². The van der Waals surface area contributed by atoms with Gasteiger partial charge in [-0.3, -0.25) is 14.2 Å². The number of amides is 1. The summed E-state index contributed by atoms with van der Waals surface area (Å²) in [5.41, 5.74) is 1.01. The molecule has 1 N–H and O–H groups in total. The monoisotopic (exact) mass is 411 g/mol. The molecular weight excluding hydrogens is 390 g/mol. The Morgan fingerprint density at radius 3 is 2.97 bits per heavy atom. The van der Waals surface area contributed by atoms with Gasteiger partial charge in [0, 0.05) is 4.88 Å². The van der Waals surface area contributed by atoms with Crippen LogP contribution in [0.4, 0.5) is 0 Å². The molecule has 1 atom stereocenters. The highest BCUT2D eigenvalue weighted by Gasteiger charge is 2.22. The lowest BCUT2D eigenvalue weighted by Gasteiger charge is -2.26. The fourth-order valence-electron chi connectivity index (χ4n) is 3.90. The summed E-state index contributed by atoms with van der Waals surface area (Å²) in [6, 6.07) is 7.45. The SMILES string of the molecule is O=C(Cn1cnc2sc3c(c2c1=O)CCCC3)NC[C@H]1COc2ccccc2O1. The van der Waals surface area contributed by atoms with Gasteiger partial charge in [-0.1, -0.05) is 12.1 Å². The minimum Gasteiger partial charge on any atom is -0.486 e. The Hall–Kier alpha value is -2.87. The third kappa shape index (κ3) is 3.48. The van der Waals surface area contributed by atoms with Gasteiger partial charge in [0.2, 0.25) is 5.91 Å². The Kier molecular flexibility index (Phi) is 4.71. The van der Waals surface area contributed by atoms with E-state index in [4.69, 9.17) is 9.47 Å². The fourth-order valence-corrected chi connectivity index (χ4v) is 5.12. The Labute approximate surface area is 171 Å². The van der Waals surface area contributed by atoms with Crippen molar-refractivity contribution in [1.82, 2.24) is 14.9 Å². The summed E-state index contributed by atoms with van der Waals surface area (Å²) >= 11 is 1.61. The van der Waals surface area contributed by atoms with E-state index in [1.807, 2.05) is 24.3 Å². The van der Waals surface area contributed by atoms with Crippen molar-refractivity contribution in [2.24, 2.45) is 0 Å². The van der Waals surface area contributed by atoms with Gasteiger partial charge in [0.05, 0.1) is 18.3 Å². The van der Waals surface area contributed by atoms with Crippen molar-refractivity contribution >= 4 is 27.5 Å². The molecule has 29 heavy (non-hydrogen) atoms. The molecular formula is C21H21N3O4S. The molecule has 1 aliphatic carbocycles. The van der Waals surface area contributed by atoms with Crippen LogP contribution >= 0.6 is 11.3 Å². The van der Waals surface area contributed by atoms with Gasteiger partial charge in [0.25, 0.3) is 5.56 Å². The number of aryl methyl sites for hydroxylation is 2. The van der Waals surface area contributed by atoms with Gasteiger partial charge in [-0.25, -0.2) is 4.98 Å². The molecule has 0 saturated heterocycles. The smallest absolute Gasteiger partial charge is 0.262 e. The van der Waals surface area contributed by atoms with Crippen LogP contribution in [0.5, 0.6) is 11.5 Å². The molecule has 150 valence electrons. The van der Waals surface area contributed by atoms with Crippen molar-refractivity contribution in [3.63, 3.8) is 0 Å². The number of nitrogens with one attached hydrogen (secondary N) is 1. The summed E-state index contributed by atoms with van der Waals surface area (Å²) in [5.74, 6) is 1.13. The summed E-state index contributed by atoms with van der Waals surface area (Å²) in [6.45, 7) is 0.619. The van der Waals surface area contributed by atoms with Crippen LogP contribution in [0.25, 0.3) is 10.2 Å². The second-order valence-corrected chi connectivity index (χ2v) is 8.45. The van der Waals surface area contributed by atoms with Crippen molar-refractivity contribution in [2.45, 2.75) is 38.3 Å². The van der Waals surface area contributed by atoms with Gasteiger partial charge in [-0.05, 0) is 43.4 Å². The molecule has 1 amide bonds. The topological polar surface area (TPSA) is 82.5 Å². The lowest BCUT2D eigenvalue weighted by molar-refractivity contribution is -0.122. The molecule has 2 aliphatic rings. The molecule has 0 spiro atoms. The Morgan fingerprint density at radius 1 is 1.24 bits per heavy atom. The van der Waals surface area contributed by atoms with Crippen molar-refractivity contribution < 1.29 is 14.3 Å². The highest BCUT2D eigenvalue weighted by atomic mass is 32.1. The molecule has 0 saturated carbocycles. The van der Waals surface area contributed by atoms with Crippen LogP contribution in [0.2, 0.25) is 0 Å². The van der Waals surface area contributed by atoms with E-state index in [2.05, 4.69) is 10.3 Å².